The minimum atomic E-state index is 0.0867. The van der Waals surface area contributed by atoms with E-state index in [1.807, 2.05) is 9.80 Å². The Labute approximate surface area is 152 Å². The Balaban J connectivity index is 1.31. The van der Waals surface area contributed by atoms with Crippen LogP contribution in [-0.4, -0.2) is 60.5 Å². The van der Waals surface area contributed by atoms with Gasteiger partial charge in [-0.1, -0.05) is 44.9 Å². The Hall–Kier alpha value is -1.10. The Bertz CT molecular complexity index is 434. The highest BCUT2D eigenvalue weighted by atomic mass is 16.5. The van der Waals surface area contributed by atoms with Gasteiger partial charge in [-0.3, -0.25) is 9.59 Å². The molecule has 5 nitrogen and oxygen atoms in total. The molecule has 0 unspecified atom stereocenters. The summed E-state index contributed by atoms with van der Waals surface area (Å²) in [5.41, 5.74) is 0. The first kappa shape index (κ1) is 18.7. The molecular formula is C20H34N2O3. The molecule has 25 heavy (non-hydrogen) atoms. The van der Waals surface area contributed by atoms with Gasteiger partial charge in [0.15, 0.2) is 0 Å². The molecule has 5 heteroatoms. The first-order chi connectivity index (χ1) is 12.2. The summed E-state index contributed by atoms with van der Waals surface area (Å²) in [5, 5.41) is 0. The molecule has 1 heterocycles. The van der Waals surface area contributed by atoms with Crippen LogP contribution in [-0.2, 0) is 14.3 Å². The maximum Gasteiger partial charge on any atom is 0.248 e. The average Bonchev–Trinajstić information content (AvgIpc) is 3.19. The smallest absolute Gasteiger partial charge is 0.248 e. The zero-order chi connectivity index (χ0) is 17.5. The van der Waals surface area contributed by atoms with Crippen LogP contribution in [0.5, 0.6) is 0 Å². The summed E-state index contributed by atoms with van der Waals surface area (Å²) >= 11 is 0. The van der Waals surface area contributed by atoms with Gasteiger partial charge in [0.2, 0.25) is 11.8 Å². The van der Waals surface area contributed by atoms with Crippen LogP contribution in [0.25, 0.3) is 0 Å². The van der Waals surface area contributed by atoms with E-state index in [4.69, 9.17) is 4.74 Å². The Morgan fingerprint density at radius 2 is 1.32 bits per heavy atom. The first-order valence-electron chi connectivity index (χ1n) is 10.4. The molecule has 2 aliphatic carbocycles. The largest absolute Gasteiger partial charge is 0.368 e. The lowest BCUT2D eigenvalue weighted by molar-refractivity contribution is -0.144. The molecule has 2 amide bonds. The van der Waals surface area contributed by atoms with Gasteiger partial charge < -0.3 is 14.5 Å². The summed E-state index contributed by atoms with van der Waals surface area (Å²) in [6.07, 6.45) is 13.2. The molecule has 3 rings (SSSR count). The number of rotatable bonds is 6. The van der Waals surface area contributed by atoms with Crippen molar-refractivity contribution >= 4 is 11.8 Å². The van der Waals surface area contributed by atoms with Gasteiger partial charge in [-0.25, -0.2) is 0 Å². The van der Waals surface area contributed by atoms with E-state index in [1.165, 1.54) is 44.9 Å². The normalized spacial score (nSPS) is 23.2. The number of piperazine rings is 1. The maximum atomic E-state index is 12.4. The number of carbonyl (C=O) groups is 2. The molecule has 1 saturated heterocycles. The van der Waals surface area contributed by atoms with Crippen LogP contribution in [0.1, 0.15) is 70.6 Å². The van der Waals surface area contributed by atoms with Crippen molar-refractivity contribution in [3.05, 3.63) is 0 Å². The molecule has 0 bridgehead atoms. The van der Waals surface area contributed by atoms with Gasteiger partial charge in [-0.05, 0) is 25.2 Å². The van der Waals surface area contributed by atoms with E-state index in [2.05, 4.69) is 0 Å². The van der Waals surface area contributed by atoms with Gasteiger partial charge in [0, 0.05) is 32.6 Å². The van der Waals surface area contributed by atoms with Gasteiger partial charge in [0.05, 0.1) is 6.10 Å². The molecule has 142 valence electrons. The van der Waals surface area contributed by atoms with Crippen molar-refractivity contribution in [3.63, 3.8) is 0 Å². The highest BCUT2D eigenvalue weighted by Gasteiger charge is 2.25. The number of hydrogen-bond acceptors (Lipinski definition) is 3. The van der Waals surface area contributed by atoms with Crippen molar-refractivity contribution in [3.8, 4) is 0 Å². The summed E-state index contributed by atoms with van der Waals surface area (Å²) in [6.45, 7) is 2.88. The van der Waals surface area contributed by atoms with Crippen LogP contribution in [0, 0.1) is 5.92 Å². The fourth-order valence-electron chi connectivity index (χ4n) is 4.50. The van der Waals surface area contributed by atoms with Crippen molar-refractivity contribution in [2.75, 3.05) is 32.8 Å². The Morgan fingerprint density at radius 3 is 1.96 bits per heavy atom. The van der Waals surface area contributed by atoms with E-state index >= 15 is 0 Å². The lowest BCUT2D eigenvalue weighted by Crippen LogP contribution is -2.51. The molecule has 0 aromatic carbocycles. The topological polar surface area (TPSA) is 49.9 Å². The van der Waals surface area contributed by atoms with Crippen LogP contribution < -0.4 is 0 Å². The van der Waals surface area contributed by atoms with Gasteiger partial charge >= 0.3 is 0 Å². The molecule has 0 atom stereocenters. The van der Waals surface area contributed by atoms with Crippen molar-refractivity contribution < 1.29 is 14.3 Å². The molecule has 0 spiro atoms. The number of carbonyl (C=O) groups excluding carboxylic acids is 2. The van der Waals surface area contributed by atoms with Crippen LogP contribution in [0.15, 0.2) is 0 Å². The second-order valence-corrected chi connectivity index (χ2v) is 8.02. The SMILES string of the molecule is O=C(CCC1CCCC1)N1CCN(C(=O)COC2CCCCC2)CC1. The van der Waals surface area contributed by atoms with Crippen LogP contribution >= 0.6 is 0 Å². The lowest BCUT2D eigenvalue weighted by atomic mass is 9.98. The Kier molecular flexibility index (Phi) is 7.14. The summed E-state index contributed by atoms with van der Waals surface area (Å²) in [7, 11) is 0. The van der Waals surface area contributed by atoms with Crippen LogP contribution in [0.3, 0.4) is 0 Å². The summed E-state index contributed by atoms with van der Waals surface area (Å²) in [5.74, 6) is 1.13. The number of amides is 2. The zero-order valence-corrected chi connectivity index (χ0v) is 15.6. The molecule has 3 fully saturated rings. The molecule has 0 radical (unpaired) electrons. The third kappa shape index (κ3) is 5.70. The molecular weight excluding hydrogens is 316 g/mol. The third-order valence-electron chi connectivity index (χ3n) is 6.22. The van der Waals surface area contributed by atoms with Crippen molar-refractivity contribution in [1.82, 2.24) is 9.80 Å². The van der Waals surface area contributed by atoms with E-state index in [9.17, 15) is 9.59 Å². The third-order valence-corrected chi connectivity index (χ3v) is 6.22. The van der Waals surface area contributed by atoms with Gasteiger partial charge in [-0.15, -0.1) is 0 Å². The van der Waals surface area contributed by atoms with Gasteiger partial charge in [0.1, 0.15) is 6.61 Å². The lowest BCUT2D eigenvalue weighted by Gasteiger charge is -2.35. The molecule has 2 saturated carbocycles. The van der Waals surface area contributed by atoms with Crippen LogP contribution in [0.4, 0.5) is 0 Å². The fourth-order valence-corrected chi connectivity index (χ4v) is 4.50. The maximum absolute atomic E-state index is 12.4. The van der Waals surface area contributed by atoms with E-state index in [0.29, 0.717) is 32.6 Å². The van der Waals surface area contributed by atoms with Crippen molar-refractivity contribution in [2.45, 2.75) is 76.7 Å². The van der Waals surface area contributed by atoms with Gasteiger partial charge in [0.25, 0.3) is 0 Å². The second-order valence-electron chi connectivity index (χ2n) is 8.02. The standard InChI is InChI=1S/C20H34N2O3/c23-19(11-10-17-6-4-5-7-17)21-12-14-22(15-13-21)20(24)16-25-18-8-2-1-3-9-18/h17-18H,1-16H2. The summed E-state index contributed by atoms with van der Waals surface area (Å²) < 4.78 is 5.80. The van der Waals surface area contributed by atoms with Crippen molar-refractivity contribution in [2.24, 2.45) is 5.92 Å². The summed E-state index contributed by atoms with van der Waals surface area (Å²) in [4.78, 5) is 28.5. The zero-order valence-electron chi connectivity index (χ0n) is 15.6. The Morgan fingerprint density at radius 1 is 0.760 bits per heavy atom. The first-order valence-corrected chi connectivity index (χ1v) is 10.4. The average molecular weight is 351 g/mol. The predicted octanol–water partition coefficient (Wildman–Crippen LogP) is 2.98. The molecule has 0 N–H and O–H groups in total. The van der Waals surface area contributed by atoms with Crippen molar-refractivity contribution in [1.29, 1.82) is 0 Å². The highest BCUT2D eigenvalue weighted by molar-refractivity contribution is 5.79. The number of hydrogen-bond donors (Lipinski definition) is 0. The van der Waals surface area contributed by atoms with E-state index in [0.717, 1.165) is 25.2 Å². The minimum Gasteiger partial charge on any atom is -0.368 e. The fraction of sp³-hybridized carbons (Fsp3) is 0.900. The molecule has 1 aliphatic heterocycles. The van der Waals surface area contributed by atoms with Crippen LogP contribution in [0.2, 0.25) is 0 Å². The van der Waals surface area contributed by atoms with E-state index in [-0.39, 0.29) is 24.5 Å². The van der Waals surface area contributed by atoms with Gasteiger partial charge in [-0.2, -0.15) is 0 Å². The minimum absolute atomic E-state index is 0.0867. The molecule has 0 aromatic rings. The quantitative estimate of drug-likeness (QED) is 0.740. The highest BCUT2D eigenvalue weighted by Crippen LogP contribution is 2.28. The number of ether oxygens (including phenoxy) is 1. The van der Waals surface area contributed by atoms with E-state index in [1.54, 1.807) is 0 Å². The molecule has 0 aromatic heterocycles. The second kappa shape index (κ2) is 9.56. The monoisotopic (exact) mass is 350 g/mol. The number of nitrogens with zero attached hydrogens (tertiary/aromatic N) is 2. The molecule has 3 aliphatic rings. The predicted molar refractivity (Wildman–Crippen MR) is 97.2 cm³/mol. The summed E-state index contributed by atoms with van der Waals surface area (Å²) in [6, 6.07) is 0. The van der Waals surface area contributed by atoms with E-state index < -0.39 is 0 Å².